The van der Waals surface area contributed by atoms with Gasteiger partial charge in [0, 0.05) is 37.4 Å². The van der Waals surface area contributed by atoms with Gasteiger partial charge in [-0.3, -0.25) is 9.59 Å². The maximum absolute atomic E-state index is 13.7. The average Bonchev–Trinajstić information content (AvgIpc) is 2.79. The highest BCUT2D eigenvalue weighted by molar-refractivity contribution is 6.34. The predicted molar refractivity (Wildman–Crippen MR) is 124 cm³/mol. The molecule has 0 N–H and O–H groups in total. The third kappa shape index (κ3) is 5.60. The van der Waals surface area contributed by atoms with E-state index in [4.69, 9.17) is 11.6 Å². The lowest BCUT2D eigenvalue weighted by Gasteiger charge is -2.18. The van der Waals surface area contributed by atoms with Crippen molar-refractivity contribution < 1.29 is 18.4 Å². The number of anilines is 1. The minimum absolute atomic E-state index is 0.0349. The minimum atomic E-state index is -2.86. The van der Waals surface area contributed by atoms with Crippen LogP contribution in [0.25, 0.3) is 0 Å². The average molecular weight is 456 g/mol. The second-order valence-corrected chi connectivity index (χ2v) is 8.07. The van der Waals surface area contributed by atoms with Crippen molar-refractivity contribution in [2.75, 3.05) is 11.9 Å². The Labute approximate surface area is 191 Å². The molecule has 0 fully saturated rings. The Morgan fingerprint density at radius 1 is 0.875 bits per heavy atom. The summed E-state index contributed by atoms with van der Waals surface area (Å²) in [6.07, 6.45) is 0.0908. The van der Waals surface area contributed by atoms with E-state index in [1.54, 1.807) is 61.6 Å². The molecule has 1 amide bonds. The normalized spacial score (nSPS) is 11.3. The molecule has 32 heavy (non-hydrogen) atoms. The fourth-order valence-electron chi connectivity index (χ4n) is 3.38. The van der Waals surface area contributed by atoms with Crippen molar-refractivity contribution >= 4 is 29.0 Å². The molecule has 3 rings (SSSR count). The van der Waals surface area contributed by atoms with Crippen molar-refractivity contribution in [2.45, 2.75) is 32.1 Å². The number of rotatable bonds is 8. The number of carbonyl (C=O) groups excluding carboxylic acids is 2. The quantitative estimate of drug-likeness (QED) is 0.390. The summed E-state index contributed by atoms with van der Waals surface area (Å²) < 4.78 is 27.4. The monoisotopic (exact) mass is 455 g/mol. The Hall–Kier alpha value is -3.05. The maximum atomic E-state index is 13.7. The van der Waals surface area contributed by atoms with Gasteiger partial charge in [0.25, 0.3) is 11.8 Å². The standard InChI is InChI=1S/C26H24ClF2NO2/c1-3-26(28,29)21-14-10-19(11-15-21)17-22(31)16-18-8-12-20(13-9-18)25(32)30(2)24-7-5-4-6-23(24)27/h4-15H,3,16-17H2,1-2H3. The summed E-state index contributed by atoms with van der Waals surface area (Å²) in [5.74, 6) is -3.10. The number of hydrogen-bond acceptors (Lipinski definition) is 2. The van der Waals surface area contributed by atoms with Crippen molar-refractivity contribution in [1.29, 1.82) is 0 Å². The van der Waals surface area contributed by atoms with Gasteiger partial charge in [-0.05, 0) is 35.4 Å². The number of carbonyl (C=O) groups is 2. The van der Waals surface area contributed by atoms with Crippen LogP contribution < -0.4 is 4.90 Å². The van der Waals surface area contributed by atoms with Crippen LogP contribution >= 0.6 is 11.6 Å². The lowest BCUT2D eigenvalue weighted by Crippen LogP contribution is -2.26. The number of hydrogen-bond donors (Lipinski definition) is 0. The molecule has 0 heterocycles. The molecule has 6 heteroatoms. The van der Waals surface area contributed by atoms with Crippen LogP contribution in [0.2, 0.25) is 5.02 Å². The van der Waals surface area contributed by atoms with Crippen LogP contribution in [-0.2, 0) is 23.6 Å². The number of amides is 1. The molecule has 3 aromatic carbocycles. The topological polar surface area (TPSA) is 37.4 Å². The van der Waals surface area contributed by atoms with Gasteiger partial charge >= 0.3 is 0 Å². The summed E-state index contributed by atoms with van der Waals surface area (Å²) in [7, 11) is 1.66. The highest BCUT2D eigenvalue weighted by Crippen LogP contribution is 2.31. The molecule has 0 atom stereocenters. The molecule has 0 bridgehead atoms. The second kappa shape index (κ2) is 10.0. The number of ketones is 1. The smallest absolute Gasteiger partial charge is 0.273 e. The molecule has 0 aromatic heterocycles. The van der Waals surface area contributed by atoms with Crippen molar-refractivity contribution in [2.24, 2.45) is 0 Å². The fourth-order valence-corrected chi connectivity index (χ4v) is 3.64. The Bertz CT molecular complexity index is 1100. The zero-order chi connectivity index (χ0) is 23.3. The Kier molecular flexibility index (Phi) is 7.41. The summed E-state index contributed by atoms with van der Waals surface area (Å²) in [6, 6.07) is 19.8. The Morgan fingerprint density at radius 3 is 1.94 bits per heavy atom. The minimum Gasteiger partial charge on any atom is -0.310 e. The van der Waals surface area contributed by atoms with Crippen molar-refractivity contribution in [3.63, 3.8) is 0 Å². The van der Waals surface area contributed by atoms with E-state index >= 15 is 0 Å². The zero-order valence-corrected chi connectivity index (χ0v) is 18.7. The maximum Gasteiger partial charge on any atom is 0.273 e. The molecule has 0 radical (unpaired) electrons. The van der Waals surface area contributed by atoms with Crippen LogP contribution in [0.5, 0.6) is 0 Å². The third-order valence-corrected chi connectivity index (χ3v) is 5.66. The van der Waals surface area contributed by atoms with Gasteiger partial charge in [-0.2, -0.15) is 0 Å². The largest absolute Gasteiger partial charge is 0.310 e. The number of halogens is 3. The molecule has 166 valence electrons. The first-order valence-corrected chi connectivity index (χ1v) is 10.7. The van der Waals surface area contributed by atoms with Gasteiger partial charge < -0.3 is 4.90 Å². The molecule has 3 nitrogen and oxygen atoms in total. The van der Waals surface area contributed by atoms with E-state index < -0.39 is 5.92 Å². The molecule has 0 spiro atoms. The lowest BCUT2D eigenvalue weighted by atomic mass is 9.99. The molecule has 0 aliphatic rings. The van der Waals surface area contributed by atoms with Crippen molar-refractivity contribution in [3.8, 4) is 0 Å². The number of alkyl halides is 2. The van der Waals surface area contributed by atoms with Crippen LogP contribution in [0, 0.1) is 0 Å². The second-order valence-electron chi connectivity index (χ2n) is 7.66. The first-order valence-electron chi connectivity index (χ1n) is 10.3. The lowest BCUT2D eigenvalue weighted by molar-refractivity contribution is -0.117. The van der Waals surface area contributed by atoms with Crippen LogP contribution in [0.4, 0.5) is 14.5 Å². The molecule has 3 aromatic rings. The summed E-state index contributed by atoms with van der Waals surface area (Å²) in [5.41, 5.74) is 2.52. The van der Waals surface area contributed by atoms with Crippen LogP contribution in [0.1, 0.15) is 40.4 Å². The molecule has 0 aliphatic heterocycles. The SMILES string of the molecule is CCC(F)(F)c1ccc(CC(=O)Cc2ccc(C(=O)N(C)c3ccccc3Cl)cc2)cc1. The van der Waals surface area contributed by atoms with E-state index in [1.165, 1.54) is 24.0 Å². The molecule has 0 aliphatic carbocycles. The van der Waals surface area contributed by atoms with Crippen LogP contribution in [0.3, 0.4) is 0 Å². The van der Waals surface area contributed by atoms with E-state index in [0.29, 0.717) is 21.8 Å². The number of nitrogens with zero attached hydrogens (tertiary/aromatic N) is 1. The molecular formula is C26H24ClF2NO2. The van der Waals surface area contributed by atoms with Gasteiger partial charge in [-0.25, -0.2) is 8.78 Å². The first-order chi connectivity index (χ1) is 15.2. The predicted octanol–water partition coefficient (Wildman–Crippen LogP) is 6.47. The van der Waals surface area contributed by atoms with Gasteiger partial charge in [0.1, 0.15) is 5.78 Å². The van der Waals surface area contributed by atoms with E-state index in [-0.39, 0.29) is 36.5 Å². The molecular weight excluding hydrogens is 432 g/mol. The van der Waals surface area contributed by atoms with Crippen molar-refractivity contribution in [1.82, 2.24) is 0 Å². The number of benzene rings is 3. The van der Waals surface area contributed by atoms with Gasteiger partial charge in [-0.15, -0.1) is 0 Å². The Morgan fingerprint density at radius 2 is 1.41 bits per heavy atom. The summed E-state index contributed by atoms with van der Waals surface area (Å²) in [6.45, 7) is 1.44. The Balaban J connectivity index is 1.61. The zero-order valence-electron chi connectivity index (χ0n) is 17.9. The van der Waals surface area contributed by atoms with Gasteiger partial charge in [0.15, 0.2) is 0 Å². The third-order valence-electron chi connectivity index (χ3n) is 5.34. The summed E-state index contributed by atoms with van der Waals surface area (Å²) >= 11 is 6.17. The van der Waals surface area contributed by atoms with Gasteiger partial charge in [-0.1, -0.05) is 67.1 Å². The fraction of sp³-hybridized carbons (Fsp3) is 0.231. The van der Waals surface area contributed by atoms with Crippen LogP contribution in [0.15, 0.2) is 72.8 Å². The van der Waals surface area contributed by atoms with Gasteiger partial charge in [0.05, 0.1) is 10.7 Å². The molecule has 0 saturated carbocycles. The van der Waals surface area contributed by atoms with Crippen LogP contribution in [-0.4, -0.2) is 18.7 Å². The van der Waals surface area contributed by atoms with Crippen molar-refractivity contribution in [3.05, 3.63) is 100 Å². The highest BCUT2D eigenvalue weighted by atomic mass is 35.5. The number of Topliss-reactive ketones (excluding diaryl/α,β-unsaturated/α-hetero) is 1. The molecule has 0 saturated heterocycles. The van der Waals surface area contributed by atoms with E-state index in [9.17, 15) is 18.4 Å². The summed E-state index contributed by atoms with van der Waals surface area (Å²) in [5, 5.41) is 0.483. The highest BCUT2D eigenvalue weighted by Gasteiger charge is 2.28. The number of para-hydroxylation sites is 1. The van der Waals surface area contributed by atoms with E-state index in [2.05, 4.69) is 0 Å². The van der Waals surface area contributed by atoms with E-state index in [1.807, 2.05) is 6.07 Å². The van der Waals surface area contributed by atoms with Gasteiger partial charge in [0.2, 0.25) is 0 Å². The first kappa shape index (κ1) is 23.6. The summed E-state index contributed by atoms with van der Waals surface area (Å²) in [4.78, 5) is 26.7. The molecule has 0 unspecified atom stereocenters. The van der Waals surface area contributed by atoms with E-state index in [0.717, 1.165) is 5.56 Å².